The molecule has 4 amide bonds. The minimum Gasteiger partial charge on any atom is -0.508 e. The summed E-state index contributed by atoms with van der Waals surface area (Å²) in [7, 11) is 0. The van der Waals surface area contributed by atoms with Crippen LogP contribution in [-0.2, 0) is 30.5 Å². The van der Waals surface area contributed by atoms with E-state index in [9.17, 15) is 34.2 Å². The number of carboxylic acids is 1. The summed E-state index contributed by atoms with van der Waals surface area (Å²) >= 11 is 2.42. The second-order valence-electron chi connectivity index (χ2n) is 10.5. The fraction of sp³-hybridized carbons (Fsp3) is 0.440. The van der Waals surface area contributed by atoms with Crippen molar-refractivity contribution in [3.8, 4) is 5.75 Å². The number of benzene rings is 1. The van der Waals surface area contributed by atoms with Crippen molar-refractivity contribution < 1.29 is 38.9 Å². The number of tetrazole rings is 1. The van der Waals surface area contributed by atoms with Crippen molar-refractivity contribution in [1.29, 1.82) is 0 Å². The van der Waals surface area contributed by atoms with E-state index < -0.39 is 52.8 Å². The van der Waals surface area contributed by atoms with Gasteiger partial charge in [0, 0.05) is 17.9 Å². The predicted octanol–water partition coefficient (Wildman–Crippen LogP) is 0.351. The van der Waals surface area contributed by atoms with Crippen LogP contribution in [0.5, 0.6) is 5.75 Å². The van der Waals surface area contributed by atoms with Crippen LogP contribution in [-0.4, -0.2) is 93.6 Å². The lowest BCUT2D eigenvalue weighted by molar-refractivity contribution is -0.151. The van der Waals surface area contributed by atoms with E-state index >= 15 is 0 Å². The van der Waals surface area contributed by atoms with Gasteiger partial charge in [0.05, 0.1) is 6.54 Å². The Morgan fingerprint density at radius 3 is 2.56 bits per heavy atom. The normalized spacial score (nSPS) is 18.8. The predicted molar refractivity (Wildman–Crippen MR) is 152 cm³/mol. The van der Waals surface area contributed by atoms with Crippen LogP contribution in [0.2, 0.25) is 0 Å². The molecule has 18 heteroatoms. The van der Waals surface area contributed by atoms with E-state index in [-0.39, 0.29) is 35.9 Å². The second kappa shape index (κ2) is 12.9. The maximum atomic E-state index is 13.4. The van der Waals surface area contributed by atoms with Gasteiger partial charge >= 0.3 is 12.1 Å². The van der Waals surface area contributed by atoms with Gasteiger partial charge in [-0.25, -0.2) is 14.3 Å². The summed E-state index contributed by atoms with van der Waals surface area (Å²) in [6.45, 7) is 5.15. The van der Waals surface area contributed by atoms with Crippen LogP contribution in [0.25, 0.3) is 0 Å². The number of aromatic nitrogens is 4. The van der Waals surface area contributed by atoms with E-state index in [0.29, 0.717) is 16.3 Å². The number of ether oxygens (including phenoxy) is 1. The molecule has 230 valence electrons. The maximum absolute atomic E-state index is 13.4. The number of nitrogens with one attached hydrogen (secondary N) is 2. The Morgan fingerprint density at radius 2 is 1.93 bits per heavy atom. The Labute approximate surface area is 253 Å². The number of nitrogens with zero attached hydrogens (tertiary/aromatic N) is 5. The molecule has 0 aliphatic carbocycles. The number of alkyl carbamates (subject to hydrolysis) is 1. The summed E-state index contributed by atoms with van der Waals surface area (Å²) in [5, 5.41) is 35.7. The fourth-order valence-electron chi connectivity index (χ4n) is 4.23. The molecule has 3 heterocycles. The van der Waals surface area contributed by atoms with Gasteiger partial charge in [-0.2, -0.15) is 0 Å². The summed E-state index contributed by atoms with van der Waals surface area (Å²) in [5.74, 6) is -2.82. The van der Waals surface area contributed by atoms with Gasteiger partial charge in [-0.15, -0.1) is 16.9 Å². The number of amides is 4. The van der Waals surface area contributed by atoms with E-state index in [4.69, 9.17) is 10.5 Å². The number of aliphatic carboxylic acids is 1. The van der Waals surface area contributed by atoms with Gasteiger partial charge in [0.15, 0.2) is 0 Å². The Balaban J connectivity index is 1.47. The molecule has 2 aliphatic rings. The van der Waals surface area contributed by atoms with Gasteiger partial charge in [-0.05, 0) is 54.5 Å². The molecule has 0 saturated carbocycles. The molecule has 2 aromatic rings. The van der Waals surface area contributed by atoms with Crippen molar-refractivity contribution >= 4 is 53.3 Å². The van der Waals surface area contributed by atoms with Crippen molar-refractivity contribution in [3.63, 3.8) is 0 Å². The second-order valence-corrected chi connectivity index (χ2v) is 12.6. The lowest BCUT2D eigenvalue weighted by Crippen LogP contribution is -2.71. The number of phenolic OH excluding ortho intramolecular Hbond substituents is 1. The molecule has 0 spiro atoms. The largest absolute Gasteiger partial charge is 0.508 e. The third kappa shape index (κ3) is 7.56. The first-order chi connectivity index (χ1) is 20.2. The smallest absolute Gasteiger partial charge is 0.408 e. The summed E-state index contributed by atoms with van der Waals surface area (Å²) in [6, 6.07) is 3.26. The van der Waals surface area contributed by atoms with Gasteiger partial charge in [0.2, 0.25) is 17.0 Å². The van der Waals surface area contributed by atoms with Crippen LogP contribution in [0, 0.1) is 0 Å². The molecule has 0 bridgehead atoms. The van der Waals surface area contributed by atoms with Crippen LogP contribution in [0.15, 0.2) is 40.7 Å². The van der Waals surface area contributed by atoms with E-state index in [1.807, 2.05) is 0 Å². The van der Waals surface area contributed by atoms with Crippen LogP contribution >= 0.6 is 23.5 Å². The van der Waals surface area contributed by atoms with Crippen molar-refractivity contribution in [2.24, 2.45) is 5.73 Å². The number of rotatable bonds is 11. The molecule has 1 saturated heterocycles. The number of aryl methyl sites for hydroxylation is 1. The number of hydrogen-bond donors (Lipinski definition) is 5. The Bertz CT molecular complexity index is 1460. The number of thioether (sulfide) groups is 2. The van der Waals surface area contributed by atoms with E-state index in [0.717, 1.165) is 16.7 Å². The van der Waals surface area contributed by atoms with E-state index in [1.54, 1.807) is 20.8 Å². The molecule has 16 nitrogen and oxygen atoms in total. The fourth-order valence-corrected chi connectivity index (χ4v) is 6.62. The third-order valence-corrected chi connectivity index (χ3v) is 8.52. The Morgan fingerprint density at radius 1 is 1.23 bits per heavy atom. The minimum absolute atomic E-state index is 0.0233. The summed E-state index contributed by atoms with van der Waals surface area (Å²) in [6.07, 6.45) is -0.844. The molecule has 6 N–H and O–H groups in total. The quantitative estimate of drug-likeness (QED) is 0.166. The number of primary amides is 1. The number of nitrogens with two attached hydrogens (primary N) is 1. The highest BCUT2D eigenvalue weighted by atomic mass is 32.2. The molecule has 1 aromatic carbocycles. The van der Waals surface area contributed by atoms with E-state index in [2.05, 4.69) is 26.2 Å². The molecular weight excluding hydrogens is 604 g/mol. The van der Waals surface area contributed by atoms with Crippen molar-refractivity contribution in [3.05, 3.63) is 41.1 Å². The first-order valence-corrected chi connectivity index (χ1v) is 14.9. The minimum atomic E-state index is -1.30. The van der Waals surface area contributed by atoms with Gasteiger partial charge < -0.3 is 31.3 Å². The highest BCUT2D eigenvalue weighted by Crippen LogP contribution is 2.41. The highest BCUT2D eigenvalue weighted by molar-refractivity contribution is 8.01. The van der Waals surface area contributed by atoms with Crippen LogP contribution in [0.3, 0.4) is 0 Å². The van der Waals surface area contributed by atoms with Crippen LogP contribution in [0.4, 0.5) is 4.79 Å². The van der Waals surface area contributed by atoms with Gasteiger partial charge in [0.25, 0.3) is 5.91 Å². The lowest BCUT2D eigenvalue weighted by atomic mass is 10.0. The number of β-lactam (4-membered cyclic amide) rings is 1. The number of carbonyl (C=O) groups is 5. The molecule has 43 heavy (non-hydrogen) atoms. The third-order valence-electron chi connectivity index (χ3n) is 6.14. The molecule has 1 aromatic heterocycles. The topological polar surface area (TPSA) is 232 Å². The van der Waals surface area contributed by atoms with Crippen molar-refractivity contribution in [1.82, 2.24) is 35.7 Å². The molecule has 2 aliphatic heterocycles. The SMILES string of the molecule is CC(C)(C)OC(=O)NC(C(=O)NC1C(=O)N2C(C(=O)O)=C(CSc3nnnn3CCC(N)=O)CS[C@H]12)c1ccc(O)cc1. The first kappa shape index (κ1) is 31.6. The monoisotopic (exact) mass is 634 g/mol. The van der Waals surface area contributed by atoms with E-state index in [1.165, 1.54) is 40.7 Å². The zero-order chi connectivity index (χ0) is 31.5. The zero-order valence-electron chi connectivity index (χ0n) is 23.3. The van der Waals surface area contributed by atoms with Crippen LogP contribution < -0.4 is 16.4 Å². The maximum Gasteiger partial charge on any atom is 0.408 e. The first-order valence-electron chi connectivity index (χ1n) is 12.9. The Hall–Kier alpha value is -4.32. The number of fused-ring (bicyclic) bond motifs is 1. The molecule has 3 atom stereocenters. The van der Waals surface area contributed by atoms with Crippen LogP contribution in [0.1, 0.15) is 38.8 Å². The molecule has 0 radical (unpaired) electrons. The lowest BCUT2D eigenvalue weighted by Gasteiger charge is -2.49. The summed E-state index contributed by atoms with van der Waals surface area (Å²) < 4.78 is 6.66. The number of aromatic hydroxyl groups is 1. The highest BCUT2D eigenvalue weighted by Gasteiger charge is 2.54. The molecule has 2 unspecified atom stereocenters. The van der Waals surface area contributed by atoms with Crippen molar-refractivity contribution in [2.75, 3.05) is 11.5 Å². The molecular formula is C25H30N8O8S2. The Kier molecular flexibility index (Phi) is 9.49. The standard InChI is InChI=1S/C25H30N8O8S2/c1-25(2,3)41-24(40)28-16(12-4-6-14(34)7-5-12)19(36)27-17-20(37)33-18(22(38)39)13(10-42-21(17)33)11-43-23-29-30-31-32(23)9-8-15(26)35/h4-7,16-17,21,34H,8-11H2,1-3H3,(H2,26,35)(H,27,36)(H,28,40)(H,38,39)/t16?,17?,21-/m1/s1. The number of hydrogen-bond acceptors (Lipinski definition) is 12. The van der Waals surface area contributed by atoms with Gasteiger partial charge in [-0.1, -0.05) is 23.9 Å². The van der Waals surface area contributed by atoms with Crippen molar-refractivity contribution in [2.45, 2.75) is 62.0 Å². The number of carboxylic acid groups (broad SMARTS) is 1. The zero-order valence-corrected chi connectivity index (χ0v) is 25.0. The van der Waals surface area contributed by atoms with Gasteiger partial charge in [-0.3, -0.25) is 19.3 Å². The average molecular weight is 635 g/mol. The number of carbonyl (C=O) groups excluding carboxylic acids is 4. The van der Waals surface area contributed by atoms with Gasteiger partial charge in [0.1, 0.15) is 34.5 Å². The average Bonchev–Trinajstić information content (AvgIpc) is 3.38. The molecule has 4 rings (SSSR count). The molecule has 1 fully saturated rings. The summed E-state index contributed by atoms with van der Waals surface area (Å²) in [5.41, 5.74) is 4.93. The summed E-state index contributed by atoms with van der Waals surface area (Å²) in [4.78, 5) is 63.6. The number of phenols is 1.